The van der Waals surface area contributed by atoms with Crippen LogP contribution in [0, 0.1) is 0 Å². The fraction of sp³-hybridized carbons (Fsp3) is 0.250. The highest BCUT2D eigenvalue weighted by Gasteiger charge is 2.02. The summed E-state index contributed by atoms with van der Waals surface area (Å²) in [7, 11) is 0. The summed E-state index contributed by atoms with van der Waals surface area (Å²) in [4.78, 5) is 13.3. The molecular weight excluding hydrogens is 188 g/mol. The standard InChI is InChI=1S/C12H16N2O/c1-4-5-12(13-6-7-15)11-8-14-10(3)9(11)2/h5,7-8,13-14H,2-4,6H2,1H3. The van der Waals surface area contributed by atoms with Gasteiger partial charge in [-0.2, -0.15) is 0 Å². The second kappa shape index (κ2) is 5.20. The Bertz CT molecular complexity index is 456. The SMILES string of the molecule is C=c1[nH]cc(C(=CCC)NCC=O)c1=C. The average Bonchev–Trinajstić information content (AvgIpc) is 2.55. The van der Waals surface area contributed by atoms with E-state index in [-0.39, 0.29) is 0 Å². The fourth-order valence-electron chi connectivity index (χ4n) is 1.37. The van der Waals surface area contributed by atoms with Crippen LogP contribution < -0.4 is 15.9 Å². The fourth-order valence-corrected chi connectivity index (χ4v) is 1.37. The largest absolute Gasteiger partial charge is 0.378 e. The molecule has 3 heteroatoms. The van der Waals surface area contributed by atoms with E-state index in [1.165, 1.54) is 0 Å². The summed E-state index contributed by atoms with van der Waals surface area (Å²) in [6, 6.07) is 0. The predicted octanol–water partition coefficient (Wildman–Crippen LogP) is 0.375. The van der Waals surface area contributed by atoms with Gasteiger partial charge in [0.2, 0.25) is 0 Å². The Hall–Kier alpha value is -1.77. The van der Waals surface area contributed by atoms with Crippen LogP contribution in [-0.2, 0) is 4.79 Å². The van der Waals surface area contributed by atoms with Crippen molar-refractivity contribution in [2.24, 2.45) is 0 Å². The maximum Gasteiger partial charge on any atom is 0.139 e. The van der Waals surface area contributed by atoms with Crippen molar-refractivity contribution in [1.82, 2.24) is 10.3 Å². The normalized spacial score (nSPS) is 11.4. The van der Waals surface area contributed by atoms with Gasteiger partial charge in [-0.1, -0.05) is 26.2 Å². The lowest BCUT2D eigenvalue weighted by Crippen LogP contribution is -2.25. The van der Waals surface area contributed by atoms with Crippen molar-refractivity contribution in [2.75, 3.05) is 6.54 Å². The van der Waals surface area contributed by atoms with E-state index in [1.54, 1.807) is 0 Å². The molecule has 1 aromatic heterocycles. The Morgan fingerprint density at radius 2 is 2.33 bits per heavy atom. The minimum Gasteiger partial charge on any atom is -0.378 e. The van der Waals surface area contributed by atoms with Crippen LogP contribution in [0.5, 0.6) is 0 Å². The first-order valence-corrected chi connectivity index (χ1v) is 4.94. The van der Waals surface area contributed by atoms with Gasteiger partial charge in [0.15, 0.2) is 0 Å². The Labute approximate surface area is 89.2 Å². The summed E-state index contributed by atoms with van der Waals surface area (Å²) in [6.45, 7) is 10.1. The molecule has 0 atom stereocenters. The van der Waals surface area contributed by atoms with Crippen molar-refractivity contribution >= 4 is 25.1 Å². The first kappa shape index (κ1) is 11.3. The monoisotopic (exact) mass is 204 g/mol. The van der Waals surface area contributed by atoms with Crippen molar-refractivity contribution in [3.8, 4) is 0 Å². The lowest BCUT2D eigenvalue weighted by Gasteiger charge is -2.06. The minimum absolute atomic E-state index is 0.308. The van der Waals surface area contributed by atoms with Gasteiger partial charge in [-0.05, 0) is 6.42 Å². The third kappa shape index (κ3) is 2.59. The zero-order valence-electron chi connectivity index (χ0n) is 8.97. The van der Waals surface area contributed by atoms with E-state index in [4.69, 9.17) is 0 Å². The Morgan fingerprint density at radius 1 is 1.60 bits per heavy atom. The number of hydrogen-bond acceptors (Lipinski definition) is 2. The summed E-state index contributed by atoms with van der Waals surface area (Å²) < 4.78 is 0. The molecule has 1 aromatic rings. The number of rotatable bonds is 5. The summed E-state index contributed by atoms with van der Waals surface area (Å²) in [5, 5.41) is 4.72. The van der Waals surface area contributed by atoms with Crippen molar-refractivity contribution in [3.05, 3.63) is 28.4 Å². The van der Waals surface area contributed by atoms with Crippen LogP contribution in [0.4, 0.5) is 0 Å². The van der Waals surface area contributed by atoms with Gasteiger partial charge in [0.25, 0.3) is 0 Å². The highest BCUT2D eigenvalue weighted by Crippen LogP contribution is 2.04. The molecule has 0 unspecified atom stereocenters. The average molecular weight is 204 g/mol. The molecule has 80 valence electrons. The number of allylic oxidation sites excluding steroid dienone is 1. The quantitative estimate of drug-likeness (QED) is 0.681. The summed E-state index contributed by atoms with van der Waals surface area (Å²) >= 11 is 0. The van der Waals surface area contributed by atoms with Gasteiger partial charge in [-0.25, -0.2) is 0 Å². The van der Waals surface area contributed by atoms with Gasteiger partial charge in [-0.3, -0.25) is 0 Å². The second-order valence-corrected chi connectivity index (χ2v) is 3.23. The van der Waals surface area contributed by atoms with E-state index < -0.39 is 0 Å². The zero-order chi connectivity index (χ0) is 11.3. The van der Waals surface area contributed by atoms with Crippen molar-refractivity contribution in [2.45, 2.75) is 13.3 Å². The predicted molar refractivity (Wildman–Crippen MR) is 63.4 cm³/mol. The van der Waals surface area contributed by atoms with Gasteiger partial charge in [0.05, 0.1) is 6.54 Å². The first-order chi connectivity index (χ1) is 7.20. The van der Waals surface area contributed by atoms with Crippen molar-refractivity contribution < 1.29 is 4.79 Å². The number of hydrogen-bond donors (Lipinski definition) is 2. The Kier molecular flexibility index (Phi) is 3.92. The third-order valence-corrected chi connectivity index (χ3v) is 2.15. The third-order valence-electron chi connectivity index (χ3n) is 2.15. The number of nitrogens with one attached hydrogen (secondary N) is 2. The van der Waals surface area contributed by atoms with Gasteiger partial charge < -0.3 is 15.1 Å². The highest BCUT2D eigenvalue weighted by atomic mass is 16.1. The Balaban J connectivity index is 3.05. The lowest BCUT2D eigenvalue weighted by atomic mass is 10.2. The van der Waals surface area contributed by atoms with Crippen LogP contribution in [0.1, 0.15) is 18.9 Å². The molecule has 3 nitrogen and oxygen atoms in total. The molecule has 0 amide bonds. The number of carbonyl (C=O) groups excluding carboxylic acids is 1. The molecule has 0 aliphatic carbocycles. The van der Waals surface area contributed by atoms with Crippen LogP contribution in [0.15, 0.2) is 12.3 Å². The molecule has 0 radical (unpaired) electrons. The molecule has 0 spiro atoms. The Morgan fingerprint density at radius 3 is 2.80 bits per heavy atom. The van der Waals surface area contributed by atoms with Crippen LogP contribution in [0.2, 0.25) is 0 Å². The van der Waals surface area contributed by atoms with E-state index in [0.717, 1.165) is 34.5 Å². The minimum atomic E-state index is 0.308. The van der Waals surface area contributed by atoms with E-state index in [9.17, 15) is 4.79 Å². The van der Waals surface area contributed by atoms with E-state index in [2.05, 4.69) is 23.5 Å². The van der Waals surface area contributed by atoms with Crippen LogP contribution in [0.25, 0.3) is 18.9 Å². The van der Waals surface area contributed by atoms with E-state index in [0.29, 0.717) is 6.54 Å². The molecule has 2 N–H and O–H groups in total. The number of aromatic amines is 1. The maximum atomic E-state index is 10.3. The maximum absolute atomic E-state index is 10.3. The molecule has 0 saturated carbocycles. The second-order valence-electron chi connectivity index (χ2n) is 3.23. The summed E-state index contributed by atoms with van der Waals surface area (Å²) in [5.74, 6) is 0. The van der Waals surface area contributed by atoms with Gasteiger partial charge in [-0.15, -0.1) is 0 Å². The van der Waals surface area contributed by atoms with Gasteiger partial charge >= 0.3 is 0 Å². The molecule has 0 aliphatic rings. The van der Waals surface area contributed by atoms with E-state index in [1.807, 2.05) is 19.2 Å². The summed E-state index contributed by atoms with van der Waals surface area (Å²) in [6.07, 6.45) is 5.62. The van der Waals surface area contributed by atoms with Crippen molar-refractivity contribution in [1.29, 1.82) is 0 Å². The molecule has 0 fully saturated rings. The van der Waals surface area contributed by atoms with Crippen LogP contribution in [0.3, 0.4) is 0 Å². The topological polar surface area (TPSA) is 44.9 Å². The number of carbonyl (C=O) groups is 1. The number of H-pyrrole nitrogens is 1. The van der Waals surface area contributed by atoms with Gasteiger partial charge in [0.1, 0.15) is 6.29 Å². The first-order valence-electron chi connectivity index (χ1n) is 4.94. The molecule has 0 aliphatic heterocycles. The highest BCUT2D eigenvalue weighted by molar-refractivity contribution is 5.67. The number of aldehydes is 1. The van der Waals surface area contributed by atoms with E-state index >= 15 is 0 Å². The smallest absolute Gasteiger partial charge is 0.139 e. The van der Waals surface area contributed by atoms with Crippen molar-refractivity contribution in [3.63, 3.8) is 0 Å². The van der Waals surface area contributed by atoms with Crippen LogP contribution >= 0.6 is 0 Å². The van der Waals surface area contributed by atoms with Crippen LogP contribution in [-0.4, -0.2) is 17.8 Å². The molecule has 0 bridgehead atoms. The molecule has 1 rings (SSSR count). The molecule has 0 aromatic carbocycles. The molecule has 1 heterocycles. The molecular formula is C12H16N2O. The lowest BCUT2D eigenvalue weighted by molar-refractivity contribution is -0.107. The number of aromatic nitrogens is 1. The molecule has 0 saturated heterocycles. The zero-order valence-corrected chi connectivity index (χ0v) is 8.97. The van der Waals surface area contributed by atoms with Gasteiger partial charge in [0, 0.05) is 28.0 Å². The summed E-state index contributed by atoms with van der Waals surface area (Å²) in [5.41, 5.74) is 1.91. The molecule has 15 heavy (non-hydrogen) atoms.